The zero-order valence-corrected chi connectivity index (χ0v) is 5.92. The van der Waals surface area contributed by atoms with E-state index in [1.807, 2.05) is 0 Å². The first-order valence-corrected chi connectivity index (χ1v) is 3.47. The second-order valence-corrected chi connectivity index (χ2v) is 2.59. The highest BCUT2D eigenvalue weighted by atomic mass is 16.3. The van der Waals surface area contributed by atoms with Gasteiger partial charge in [0.15, 0.2) is 11.8 Å². The van der Waals surface area contributed by atoms with Crippen LogP contribution < -0.4 is 10.8 Å². The lowest BCUT2D eigenvalue weighted by Gasteiger charge is -1.98. The molecule has 0 aliphatic heterocycles. The van der Waals surface area contributed by atoms with Gasteiger partial charge >= 0.3 is 0 Å². The van der Waals surface area contributed by atoms with Gasteiger partial charge in [-0.2, -0.15) is 0 Å². The minimum Gasteiger partial charge on any atom is -0.444 e. The largest absolute Gasteiger partial charge is 0.444 e. The van der Waals surface area contributed by atoms with Crippen molar-refractivity contribution in [2.24, 2.45) is 0 Å². The Morgan fingerprint density at radius 3 is 3.30 bits per heavy atom. The summed E-state index contributed by atoms with van der Waals surface area (Å²) in [7, 11) is 0. The lowest BCUT2D eigenvalue weighted by atomic mass is 10.1. The Bertz CT molecular complexity index is 348. The second-order valence-electron chi connectivity index (χ2n) is 2.59. The Morgan fingerprint density at radius 2 is 2.50 bits per heavy atom. The van der Waals surface area contributed by atoms with Crippen molar-refractivity contribution in [3.63, 3.8) is 0 Å². The molecule has 1 aromatic rings. The predicted molar refractivity (Wildman–Crippen MR) is 38.5 cm³/mol. The lowest BCUT2D eigenvalue weighted by molar-refractivity contribution is 0.518. The monoisotopic (exact) mass is 135 g/mol. The zero-order chi connectivity index (χ0) is 6.97. The Labute approximate surface area is 58.9 Å². The van der Waals surface area contributed by atoms with Crippen LogP contribution in [0.25, 0.3) is 11.6 Å². The van der Waals surface area contributed by atoms with E-state index in [1.165, 1.54) is 12.0 Å². The van der Waals surface area contributed by atoms with E-state index in [0.717, 1.165) is 23.6 Å². The standard InChI is InChI=1S/C8H9NO/c1-6-3-2-4-7-8(6)10-5-9-7/h4-5H,2-3H2,1H3. The first-order valence-electron chi connectivity index (χ1n) is 3.47. The summed E-state index contributed by atoms with van der Waals surface area (Å²) in [5, 5.41) is 1.02. The fourth-order valence-corrected chi connectivity index (χ4v) is 1.26. The van der Waals surface area contributed by atoms with Gasteiger partial charge in [0.25, 0.3) is 0 Å². The summed E-state index contributed by atoms with van der Waals surface area (Å²) in [4.78, 5) is 4.06. The number of hydrogen-bond donors (Lipinski definition) is 0. The van der Waals surface area contributed by atoms with Crippen LogP contribution in [0, 0.1) is 0 Å². The molecule has 52 valence electrons. The Hall–Kier alpha value is -1.05. The van der Waals surface area contributed by atoms with Crippen LogP contribution in [0.15, 0.2) is 10.8 Å². The molecule has 0 aromatic carbocycles. The van der Waals surface area contributed by atoms with Gasteiger partial charge < -0.3 is 4.42 Å². The molecular weight excluding hydrogens is 126 g/mol. The van der Waals surface area contributed by atoms with Crippen LogP contribution in [0.5, 0.6) is 0 Å². The maximum Gasteiger partial charge on any atom is 0.181 e. The molecule has 0 fully saturated rings. The lowest BCUT2D eigenvalue weighted by Crippen LogP contribution is -2.26. The van der Waals surface area contributed by atoms with Gasteiger partial charge in [0, 0.05) is 0 Å². The summed E-state index contributed by atoms with van der Waals surface area (Å²) in [6.07, 6.45) is 5.84. The van der Waals surface area contributed by atoms with Gasteiger partial charge in [0.1, 0.15) is 5.35 Å². The summed E-state index contributed by atoms with van der Waals surface area (Å²) in [6.45, 7) is 2.09. The Balaban J connectivity index is 2.91. The number of fused-ring (bicyclic) bond motifs is 1. The molecular formula is C8H9NO. The summed E-state index contributed by atoms with van der Waals surface area (Å²) in [6, 6.07) is 0. The number of hydrogen-bond acceptors (Lipinski definition) is 2. The molecule has 1 aromatic heterocycles. The highest BCUT2D eigenvalue weighted by molar-refractivity contribution is 5.44. The zero-order valence-electron chi connectivity index (χ0n) is 5.92. The summed E-state index contributed by atoms with van der Waals surface area (Å²) in [5.41, 5.74) is 2.29. The molecule has 0 saturated heterocycles. The molecule has 0 bridgehead atoms. The molecule has 0 amide bonds. The minimum absolute atomic E-state index is 0.978. The van der Waals surface area contributed by atoms with E-state index in [4.69, 9.17) is 4.42 Å². The van der Waals surface area contributed by atoms with E-state index < -0.39 is 0 Å². The van der Waals surface area contributed by atoms with Crippen molar-refractivity contribution in [2.75, 3.05) is 0 Å². The topological polar surface area (TPSA) is 26.0 Å². The van der Waals surface area contributed by atoms with Crippen molar-refractivity contribution < 1.29 is 4.42 Å². The maximum absolute atomic E-state index is 5.19. The number of nitrogens with zero attached hydrogens (tertiary/aromatic N) is 1. The van der Waals surface area contributed by atoms with E-state index in [0.29, 0.717) is 0 Å². The van der Waals surface area contributed by atoms with Crippen molar-refractivity contribution >= 4 is 11.6 Å². The molecule has 0 unspecified atom stereocenters. The highest BCUT2D eigenvalue weighted by Gasteiger charge is 2.01. The third-order valence-electron chi connectivity index (χ3n) is 1.84. The third kappa shape index (κ3) is 0.685. The third-order valence-corrected chi connectivity index (χ3v) is 1.84. The first-order chi connectivity index (χ1) is 4.88. The molecule has 2 nitrogen and oxygen atoms in total. The summed E-state index contributed by atoms with van der Waals surface area (Å²) in [5.74, 6) is 0. The highest BCUT2D eigenvalue weighted by Crippen LogP contribution is 2.04. The summed E-state index contributed by atoms with van der Waals surface area (Å²) < 4.78 is 5.19. The minimum atomic E-state index is 0.978. The SMILES string of the molecule is CC1=c2ocnc2=CCC1. The summed E-state index contributed by atoms with van der Waals surface area (Å²) >= 11 is 0. The van der Waals surface area contributed by atoms with Crippen molar-refractivity contribution in [1.82, 2.24) is 4.98 Å². The van der Waals surface area contributed by atoms with Gasteiger partial charge in [-0.25, -0.2) is 4.98 Å². The fraction of sp³-hybridized carbons (Fsp3) is 0.375. The normalized spacial score (nSPS) is 16.3. The van der Waals surface area contributed by atoms with E-state index in [1.54, 1.807) is 0 Å². The number of rotatable bonds is 0. The maximum atomic E-state index is 5.19. The van der Waals surface area contributed by atoms with Gasteiger partial charge in [0.05, 0.1) is 0 Å². The molecule has 1 aliphatic rings. The van der Waals surface area contributed by atoms with Crippen LogP contribution in [-0.4, -0.2) is 4.98 Å². The molecule has 1 aliphatic carbocycles. The van der Waals surface area contributed by atoms with E-state index in [2.05, 4.69) is 18.0 Å². The van der Waals surface area contributed by atoms with Crippen LogP contribution in [0.3, 0.4) is 0 Å². The van der Waals surface area contributed by atoms with Gasteiger partial charge in [-0.3, -0.25) is 0 Å². The molecule has 2 rings (SSSR count). The Morgan fingerprint density at radius 1 is 1.60 bits per heavy atom. The predicted octanol–water partition coefficient (Wildman–Crippen LogP) is 0.419. The van der Waals surface area contributed by atoms with Gasteiger partial charge in [-0.1, -0.05) is 6.08 Å². The smallest absolute Gasteiger partial charge is 0.181 e. The quantitative estimate of drug-likeness (QED) is 0.515. The molecule has 2 heteroatoms. The van der Waals surface area contributed by atoms with Gasteiger partial charge in [-0.15, -0.1) is 0 Å². The second kappa shape index (κ2) is 1.97. The molecule has 0 saturated carbocycles. The average molecular weight is 135 g/mol. The molecule has 1 heterocycles. The number of oxazole rings is 1. The molecule has 0 N–H and O–H groups in total. The molecule has 10 heavy (non-hydrogen) atoms. The van der Waals surface area contributed by atoms with Crippen molar-refractivity contribution in [3.05, 3.63) is 17.2 Å². The van der Waals surface area contributed by atoms with E-state index in [-0.39, 0.29) is 0 Å². The molecule has 0 radical (unpaired) electrons. The first kappa shape index (κ1) is 5.71. The van der Waals surface area contributed by atoms with Crippen molar-refractivity contribution in [2.45, 2.75) is 19.8 Å². The van der Waals surface area contributed by atoms with E-state index >= 15 is 0 Å². The van der Waals surface area contributed by atoms with Crippen LogP contribution in [0.2, 0.25) is 0 Å². The average Bonchev–Trinajstić information content (AvgIpc) is 2.36. The van der Waals surface area contributed by atoms with Crippen molar-refractivity contribution in [1.29, 1.82) is 0 Å². The fourth-order valence-electron chi connectivity index (χ4n) is 1.26. The van der Waals surface area contributed by atoms with Crippen LogP contribution in [0.1, 0.15) is 19.8 Å². The number of aromatic nitrogens is 1. The van der Waals surface area contributed by atoms with Crippen molar-refractivity contribution in [3.8, 4) is 0 Å². The Kier molecular flexibility index (Phi) is 1.13. The van der Waals surface area contributed by atoms with Crippen LogP contribution >= 0.6 is 0 Å². The van der Waals surface area contributed by atoms with Crippen LogP contribution in [-0.2, 0) is 0 Å². The van der Waals surface area contributed by atoms with Gasteiger partial charge in [-0.05, 0) is 25.3 Å². The van der Waals surface area contributed by atoms with Gasteiger partial charge in [0.2, 0.25) is 0 Å². The van der Waals surface area contributed by atoms with Crippen LogP contribution in [0.4, 0.5) is 0 Å². The van der Waals surface area contributed by atoms with E-state index in [9.17, 15) is 0 Å². The molecule has 0 spiro atoms. The molecule has 0 atom stereocenters.